The van der Waals surface area contributed by atoms with Gasteiger partial charge in [0.15, 0.2) is 11.5 Å². The van der Waals surface area contributed by atoms with Gasteiger partial charge in [-0.2, -0.15) is 0 Å². The molecule has 1 fully saturated rings. The first-order chi connectivity index (χ1) is 18.4. The van der Waals surface area contributed by atoms with Crippen molar-refractivity contribution < 1.29 is 19.0 Å². The molecule has 0 saturated carbocycles. The lowest BCUT2D eigenvalue weighted by Crippen LogP contribution is -2.33. The molecule has 0 spiro atoms. The third-order valence-corrected chi connectivity index (χ3v) is 7.84. The van der Waals surface area contributed by atoms with E-state index in [4.69, 9.17) is 14.2 Å². The van der Waals surface area contributed by atoms with Gasteiger partial charge in [0.25, 0.3) is 0 Å². The molecule has 1 amide bonds. The van der Waals surface area contributed by atoms with Gasteiger partial charge in [-0.05, 0) is 73.4 Å². The van der Waals surface area contributed by atoms with Crippen LogP contribution in [0, 0.1) is 13.8 Å². The highest BCUT2D eigenvalue weighted by Gasteiger charge is 2.36. The molecule has 2 heterocycles. The van der Waals surface area contributed by atoms with Crippen molar-refractivity contribution in [3.05, 3.63) is 81.9 Å². The van der Waals surface area contributed by atoms with E-state index in [0.717, 1.165) is 42.8 Å². The van der Waals surface area contributed by atoms with Crippen LogP contribution in [-0.2, 0) is 17.6 Å². The van der Waals surface area contributed by atoms with Gasteiger partial charge in [-0.3, -0.25) is 9.69 Å². The SMILES string of the molecule is CCc1cc(C)cc(CC)c1NC(=O)CN1C[C@H](c2cc(OC)c3c(c2)OCO3)CC1c1ccc(C)cc1. The summed E-state index contributed by atoms with van der Waals surface area (Å²) in [5, 5.41) is 3.29. The molecule has 2 aliphatic rings. The molecular formula is C32H38N2O4. The van der Waals surface area contributed by atoms with E-state index in [9.17, 15) is 4.79 Å². The van der Waals surface area contributed by atoms with Crippen LogP contribution >= 0.6 is 0 Å². The Bertz CT molecular complexity index is 1290. The van der Waals surface area contributed by atoms with E-state index in [1.54, 1.807) is 7.11 Å². The molecule has 5 rings (SSSR count). The van der Waals surface area contributed by atoms with E-state index in [2.05, 4.69) is 86.4 Å². The van der Waals surface area contributed by atoms with E-state index in [-0.39, 0.29) is 24.7 Å². The maximum absolute atomic E-state index is 13.5. The Morgan fingerprint density at radius 2 is 1.68 bits per heavy atom. The highest BCUT2D eigenvalue weighted by molar-refractivity contribution is 5.94. The third-order valence-electron chi connectivity index (χ3n) is 7.84. The van der Waals surface area contributed by atoms with Crippen molar-refractivity contribution in [2.75, 3.05) is 32.3 Å². The Labute approximate surface area is 225 Å². The number of carbonyl (C=O) groups excluding carboxylic acids is 1. The quantitative estimate of drug-likeness (QED) is 0.380. The standard InChI is InChI=1S/C32H38N2O4/c1-6-22-12-21(4)13-23(7-2)31(22)33-30(35)18-34-17-26(14-27(34)24-10-8-20(3)9-11-24)25-15-28(36-5)32-29(16-25)37-19-38-32/h8-13,15-16,26-27H,6-7,14,17-19H2,1-5H3,(H,33,35)/t26-,27?/m1/s1. The van der Waals surface area contributed by atoms with Crippen molar-refractivity contribution in [2.24, 2.45) is 0 Å². The van der Waals surface area contributed by atoms with Crippen LogP contribution in [0.25, 0.3) is 0 Å². The zero-order chi connectivity index (χ0) is 26.8. The van der Waals surface area contributed by atoms with E-state index < -0.39 is 0 Å². The molecule has 6 nitrogen and oxygen atoms in total. The van der Waals surface area contributed by atoms with Crippen LogP contribution in [0.1, 0.15) is 65.6 Å². The summed E-state index contributed by atoms with van der Waals surface area (Å²) in [6.45, 7) is 9.80. The maximum atomic E-state index is 13.5. The van der Waals surface area contributed by atoms with Gasteiger partial charge in [-0.15, -0.1) is 0 Å². The third kappa shape index (κ3) is 5.23. The lowest BCUT2D eigenvalue weighted by molar-refractivity contribution is -0.117. The number of hydrogen-bond donors (Lipinski definition) is 1. The van der Waals surface area contributed by atoms with E-state index in [1.807, 2.05) is 0 Å². The van der Waals surface area contributed by atoms with Gasteiger partial charge in [0.05, 0.1) is 13.7 Å². The summed E-state index contributed by atoms with van der Waals surface area (Å²) >= 11 is 0. The predicted molar refractivity (Wildman–Crippen MR) is 151 cm³/mol. The van der Waals surface area contributed by atoms with Crippen LogP contribution in [0.5, 0.6) is 17.2 Å². The molecular weight excluding hydrogens is 476 g/mol. The van der Waals surface area contributed by atoms with Crippen molar-refractivity contribution in [2.45, 2.75) is 58.9 Å². The van der Waals surface area contributed by atoms with Gasteiger partial charge in [-0.25, -0.2) is 0 Å². The van der Waals surface area contributed by atoms with E-state index in [0.29, 0.717) is 18.0 Å². The van der Waals surface area contributed by atoms with Crippen molar-refractivity contribution >= 4 is 11.6 Å². The molecule has 200 valence electrons. The summed E-state index contributed by atoms with van der Waals surface area (Å²) in [4.78, 5) is 15.8. The Hall–Kier alpha value is -3.51. The average Bonchev–Trinajstić information content (AvgIpc) is 3.56. The highest BCUT2D eigenvalue weighted by Crippen LogP contribution is 2.47. The van der Waals surface area contributed by atoms with Gasteiger partial charge in [-0.1, -0.05) is 61.4 Å². The number of fused-ring (bicyclic) bond motifs is 1. The normalized spacial score (nSPS) is 18.6. The lowest BCUT2D eigenvalue weighted by Gasteiger charge is -2.25. The van der Waals surface area contributed by atoms with E-state index in [1.165, 1.54) is 27.8 Å². The monoisotopic (exact) mass is 514 g/mol. The summed E-state index contributed by atoms with van der Waals surface area (Å²) in [5.74, 6) is 2.34. The number of anilines is 1. The number of ether oxygens (including phenoxy) is 3. The fraction of sp³-hybridized carbons (Fsp3) is 0.406. The minimum atomic E-state index is 0.0271. The summed E-state index contributed by atoms with van der Waals surface area (Å²) in [7, 11) is 1.65. The van der Waals surface area contributed by atoms with Crippen LogP contribution in [-0.4, -0.2) is 37.8 Å². The molecule has 3 aromatic rings. The second-order valence-electron chi connectivity index (χ2n) is 10.5. The molecule has 2 aliphatic heterocycles. The second kappa shape index (κ2) is 11.1. The molecule has 38 heavy (non-hydrogen) atoms. The number of amides is 1. The first kappa shape index (κ1) is 26.1. The Morgan fingerprint density at radius 1 is 0.974 bits per heavy atom. The zero-order valence-corrected chi connectivity index (χ0v) is 23.1. The predicted octanol–water partition coefficient (Wildman–Crippen LogP) is 6.33. The first-order valence-electron chi connectivity index (χ1n) is 13.6. The van der Waals surface area contributed by atoms with Crippen LogP contribution in [0.2, 0.25) is 0 Å². The molecule has 3 aromatic carbocycles. The molecule has 0 radical (unpaired) electrons. The Morgan fingerprint density at radius 3 is 2.34 bits per heavy atom. The van der Waals surface area contributed by atoms with Crippen LogP contribution in [0.3, 0.4) is 0 Å². The summed E-state index contributed by atoms with van der Waals surface area (Å²) in [5.41, 5.74) is 8.20. The van der Waals surface area contributed by atoms with Crippen molar-refractivity contribution in [3.8, 4) is 17.2 Å². The van der Waals surface area contributed by atoms with Crippen molar-refractivity contribution in [3.63, 3.8) is 0 Å². The number of rotatable bonds is 8. The molecule has 0 bridgehead atoms. The fourth-order valence-electron chi connectivity index (χ4n) is 5.86. The number of nitrogens with one attached hydrogen (secondary N) is 1. The molecule has 0 aliphatic carbocycles. The number of carbonyl (C=O) groups is 1. The van der Waals surface area contributed by atoms with Crippen LogP contribution in [0.15, 0.2) is 48.5 Å². The summed E-state index contributed by atoms with van der Waals surface area (Å²) in [6, 6.07) is 17.3. The van der Waals surface area contributed by atoms with Crippen molar-refractivity contribution in [1.82, 2.24) is 4.90 Å². The maximum Gasteiger partial charge on any atom is 0.238 e. The smallest absolute Gasteiger partial charge is 0.238 e. The molecule has 0 aromatic heterocycles. The zero-order valence-electron chi connectivity index (χ0n) is 23.1. The molecule has 6 heteroatoms. The minimum Gasteiger partial charge on any atom is -0.493 e. The number of hydrogen-bond acceptors (Lipinski definition) is 5. The molecule has 2 atom stereocenters. The lowest BCUT2D eigenvalue weighted by atomic mass is 9.93. The molecule has 1 saturated heterocycles. The van der Waals surface area contributed by atoms with Gasteiger partial charge < -0.3 is 19.5 Å². The van der Waals surface area contributed by atoms with E-state index >= 15 is 0 Å². The summed E-state index contributed by atoms with van der Waals surface area (Å²) in [6.07, 6.45) is 2.67. The second-order valence-corrected chi connectivity index (χ2v) is 10.5. The first-order valence-corrected chi connectivity index (χ1v) is 13.6. The van der Waals surface area contributed by atoms with Crippen LogP contribution in [0.4, 0.5) is 5.69 Å². The van der Waals surface area contributed by atoms with Gasteiger partial charge in [0.1, 0.15) is 0 Å². The fourth-order valence-corrected chi connectivity index (χ4v) is 5.86. The summed E-state index contributed by atoms with van der Waals surface area (Å²) < 4.78 is 16.9. The minimum absolute atomic E-state index is 0.0271. The number of likely N-dealkylation sites (tertiary alicyclic amines) is 1. The van der Waals surface area contributed by atoms with Crippen LogP contribution < -0.4 is 19.5 Å². The molecule has 1 unspecified atom stereocenters. The van der Waals surface area contributed by atoms with Gasteiger partial charge in [0.2, 0.25) is 18.4 Å². The Balaban J connectivity index is 1.41. The number of methoxy groups -OCH3 is 1. The van der Waals surface area contributed by atoms with Gasteiger partial charge >= 0.3 is 0 Å². The average molecular weight is 515 g/mol. The largest absolute Gasteiger partial charge is 0.493 e. The Kier molecular flexibility index (Phi) is 7.61. The highest BCUT2D eigenvalue weighted by atomic mass is 16.7. The van der Waals surface area contributed by atoms with Gasteiger partial charge in [0, 0.05) is 18.3 Å². The number of benzene rings is 3. The number of nitrogens with zero attached hydrogens (tertiary/aromatic N) is 1. The molecule has 1 N–H and O–H groups in total. The topological polar surface area (TPSA) is 60.0 Å². The number of aryl methyl sites for hydroxylation is 4. The van der Waals surface area contributed by atoms with Crippen molar-refractivity contribution in [1.29, 1.82) is 0 Å².